The van der Waals surface area contributed by atoms with Gasteiger partial charge in [0.05, 0.1) is 35.7 Å². The van der Waals surface area contributed by atoms with Crippen molar-refractivity contribution in [1.82, 2.24) is 4.98 Å². The number of hydrogen-bond acceptors (Lipinski definition) is 4. The smallest absolute Gasteiger partial charge is 0.280 e. The number of nitrogens with zero attached hydrogens (tertiary/aromatic N) is 1. The van der Waals surface area contributed by atoms with E-state index in [4.69, 9.17) is 9.47 Å². The van der Waals surface area contributed by atoms with E-state index in [1.54, 1.807) is 0 Å². The number of unbranched alkanes of at least 4 members (excludes halogenated alkanes) is 6. The number of fused-ring (bicyclic) bond motifs is 1. The molecule has 0 saturated carbocycles. The number of aromatic hydroxyl groups is 1. The zero-order valence-electron chi connectivity index (χ0n) is 27.0. The minimum absolute atomic E-state index is 0.0593. The first-order valence-corrected chi connectivity index (χ1v) is 16.5. The highest BCUT2D eigenvalue weighted by molar-refractivity contribution is 6.30. The molecule has 6 heteroatoms. The van der Waals surface area contributed by atoms with Gasteiger partial charge in [-0.3, -0.25) is 4.79 Å². The number of carbonyl (C=O) groups excluding carboxylic acids is 1. The third-order valence-corrected chi connectivity index (χ3v) is 8.22. The fourth-order valence-electron chi connectivity index (χ4n) is 5.67. The van der Waals surface area contributed by atoms with Crippen LogP contribution in [0, 0.1) is 0 Å². The number of nitrogens with one attached hydrogen (secondary N) is 1. The number of H-pyrrole nitrogens is 1. The van der Waals surface area contributed by atoms with E-state index in [0.717, 1.165) is 65.0 Å². The van der Waals surface area contributed by atoms with E-state index in [9.17, 15) is 9.90 Å². The highest BCUT2D eigenvalue weighted by Crippen LogP contribution is 2.38. The number of carbonyl (C=O) groups is 1. The van der Waals surface area contributed by atoms with Crippen molar-refractivity contribution in [2.24, 2.45) is 4.99 Å². The topological polar surface area (TPSA) is 83.9 Å². The van der Waals surface area contributed by atoms with Crippen molar-refractivity contribution in [1.29, 1.82) is 0 Å². The van der Waals surface area contributed by atoms with Gasteiger partial charge in [-0.1, -0.05) is 132 Å². The van der Waals surface area contributed by atoms with Crippen LogP contribution in [0.1, 0.15) is 103 Å². The maximum atomic E-state index is 13.0. The SMILES string of the molecule is C=Cc1cc(OCCCCCC)c(/C=C/c2ccc(C3=NC(=O)c4c(-c5ccccc5)[nH]c(O)c43)cc2)cc1OCCCCCC. The quantitative estimate of drug-likeness (QED) is 0.0913. The fraction of sp³-hybridized carbons (Fsp3) is 0.300. The molecule has 0 aliphatic carbocycles. The molecule has 1 amide bonds. The van der Waals surface area contributed by atoms with Crippen molar-refractivity contribution in [2.45, 2.75) is 65.2 Å². The predicted molar refractivity (Wildman–Crippen MR) is 189 cm³/mol. The Morgan fingerprint density at radius 2 is 1.39 bits per heavy atom. The lowest BCUT2D eigenvalue weighted by Crippen LogP contribution is -2.02. The van der Waals surface area contributed by atoms with E-state index in [1.807, 2.05) is 85.0 Å². The van der Waals surface area contributed by atoms with Crippen molar-refractivity contribution >= 4 is 29.8 Å². The average molecular weight is 617 g/mol. The van der Waals surface area contributed by atoms with Crippen LogP contribution in [-0.4, -0.2) is 34.9 Å². The van der Waals surface area contributed by atoms with Gasteiger partial charge in [0.1, 0.15) is 11.5 Å². The number of ether oxygens (including phenoxy) is 2. The first kappa shape index (κ1) is 32.6. The summed E-state index contributed by atoms with van der Waals surface area (Å²) in [5.74, 6) is 1.19. The third-order valence-electron chi connectivity index (χ3n) is 8.22. The molecule has 1 aliphatic rings. The Morgan fingerprint density at radius 3 is 2.02 bits per heavy atom. The minimum Gasteiger partial charge on any atom is -0.494 e. The Balaban J connectivity index is 1.36. The number of hydrogen-bond donors (Lipinski definition) is 2. The number of aromatic nitrogens is 1. The van der Waals surface area contributed by atoms with Gasteiger partial charge in [0.2, 0.25) is 0 Å². The molecular formula is C40H44N2O4. The summed E-state index contributed by atoms with van der Waals surface area (Å²) in [6.45, 7) is 9.75. The van der Waals surface area contributed by atoms with Crippen LogP contribution in [0.4, 0.5) is 0 Å². The molecule has 2 N–H and O–H groups in total. The van der Waals surface area contributed by atoms with Gasteiger partial charge in [-0.2, -0.15) is 0 Å². The molecule has 5 rings (SSSR count). The molecule has 6 nitrogen and oxygen atoms in total. The number of benzene rings is 3. The third kappa shape index (κ3) is 7.68. The fourth-order valence-corrected chi connectivity index (χ4v) is 5.67. The first-order chi connectivity index (χ1) is 22.5. The van der Waals surface area contributed by atoms with Gasteiger partial charge in [0.15, 0.2) is 5.88 Å². The van der Waals surface area contributed by atoms with Crippen molar-refractivity contribution in [3.8, 4) is 28.6 Å². The van der Waals surface area contributed by atoms with E-state index in [2.05, 4.69) is 30.4 Å². The molecule has 1 aliphatic heterocycles. The average Bonchev–Trinajstić information content (AvgIpc) is 3.62. The molecule has 0 bridgehead atoms. The maximum absolute atomic E-state index is 13.0. The normalized spacial score (nSPS) is 12.4. The second-order valence-electron chi connectivity index (χ2n) is 11.6. The molecule has 3 aromatic carbocycles. The van der Waals surface area contributed by atoms with Gasteiger partial charge in [-0.25, -0.2) is 4.99 Å². The summed E-state index contributed by atoms with van der Waals surface area (Å²) >= 11 is 0. The Bertz CT molecular complexity index is 1700. The highest BCUT2D eigenvalue weighted by atomic mass is 16.5. The molecule has 0 radical (unpaired) electrons. The predicted octanol–water partition coefficient (Wildman–Crippen LogP) is 10.1. The molecule has 46 heavy (non-hydrogen) atoms. The van der Waals surface area contributed by atoms with Crippen LogP contribution >= 0.6 is 0 Å². The molecule has 1 aromatic heterocycles. The molecular weight excluding hydrogens is 572 g/mol. The zero-order chi connectivity index (χ0) is 32.3. The summed E-state index contributed by atoms with van der Waals surface area (Å²) < 4.78 is 12.5. The van der Waals surface area contributed by atoms with E-state index in [1.165, 1.54) is 25.7 Å². The minimum atomic E-state index is -0.363. The van der Waals surface area contributed by atoms with Gasteiger partial charge >= 0.3 is 0 Å². The molecule has 238 valence electrons. The molecule has 0 spiro atoms. The lowest BCUT2D eigenvalue weighted by Gasteiger charge is -2.15. The van der Waals surface area contributed by atoms with Crippen molar-refractivity contribution in [3.63, 3.8) is 0 Å². The summed E-state index contributed by atoms with van der Waals surface area (Å²) in [7, 11) is 0. The monoisotopic (exact) mass is 616 g/mol. The Kier molecular flexibility index (Phi) is 11.3. The van der Waals surface area contributed by atoms with Crippen molar-refractivity contribution in [2.75, 3.05) is 13.2 Å². The van der Waals surface area contributed by atoms with Gasteiger partial charge < -0.3 is 19.6 Å². The summed E-state index contributed by atoms with van der Waals surface area (Å²) in [6, 6.07) is 21.4. The molecule has 2 heterocycles. The lowest BCUT2D eigenvalue weighted by atomic mass is 9.99. The maximum Gasteiger partial charge on any atom is 0.280 e. The van der Waals surface area contributed by atoms with Crippen LogP contribution in [0.5, 0.6) is 17.4 Å². The number of rotatable bonds is 17. The van der Waals surface area contributed by atoms with Crippen LogP contribution in [0.25, 0.3) is 29.5 Å². The van der Waals surface area contributed by atoms with E-state index in [-0.39, 0.29) is 11.8 Å². The molecule has 0 fully saturated rings. The number of aliphatic imine (C=N–C) groups is 1. The van der Waals surface area contributed by atoms with E-state index in [0.29, 0.717) is 35.7 Å². The second-order valence-corrected chi connectivity index (χ2v) is 11.6. The van der Waals surface area contributed by atoms with Gasteiger partial charge in [0, 0.05) is 16.7 Å². The van der Waals surface area contributed by atoms with Crippen LogP contribution < -0.4 is 9.47 Å². The van der Waals surface area contributed by atoms with Crippen LogP contribution in [0.2, 0.25) is 0 Å². The lowest BCUT2D eigenvalue weighted by molar-refractivity contribution is 0.101. The van der Waals surface area contributed by atoms with Gasteiger partial charge in [0.25, 0.3) is 5.91 Å². The first-order valence-electron chi connectivity index (χ1n) is 16.5. The Labute approximate surface area is 272 Å². The van der Waals surface area contributed by atoms with Crippen molar-refractivity contribution < 1.29 is 19.4 Å². The molecule has 0 saturated heterocycles. The number of amides is 1. The van der Waals surface area contributed by atoms with Crippen LogP contribution in [0.3, 0.4) is 0 Å². The Hall–Kier alpha value is -4.84. The van der Waals surface area contributed by atoms with E-state index < -0.39 is 0 Å². The zero-order valence-corrected chi connectivity index (χ0v) is 27.0. The van der Waals surface area contributed by atoms with Crippen LogP contribution in [-0.2, 0) is 0 Å². The van der Waals surface area contributed by atoms with Gasteiger partial charge in [-0.05, 0) is 36.1 Å². The van der Waals surface area contributed by atoms with Gasteiger partial charge in [-0.15, -0.1) is 0 Å². The molecule has 0 unspecified atom stereocenters. The second kappa shape index (κ2) is 15.9. The van der Waals surface area contributed by atoms with Crippen LogP contribution in [0.15, 0.2) is 78.3 Å². The Morgan fingerprint density at radius 1 is 0.761 bits per heavy atom. The number of aromatic amines is 1. The summed E-state index contributed by atoms with van der Waals surface area (Å²) in [6.07, 6.45) is 15.0. The highest BCUT2D eigenvalue weighted by Gasteiger charge is 2.33. The van der Waals surface area contributed by atoms with E-state index >= 15 is 0 Å². The molecule has 4 aromatic rings. The molecule has 0 atom stereocenters. The largest absolute Gasteiger partial charge is 0.494 e. The summed E-state index contributed by atoms with van der Waals surface area (Å²) in [4.78, 5) is 20.3. The summed E-state index contributed by atoms with van der Waals surface area (Å²) in [5.41, 5.74) is 6.29. The summed E-state index contributed by atoms with van der Waals surface area (Å²) in [5, 5.41) is 10.8. The standard InChI is InChI=1S/C40H44N2O4/c1-4-7-9-14-24-45-33-27-32(34(26-29(33)6-3)46-25-15-10-8-5-2)23-20-28-18-21-31(22-19-28)38-36-35(39(43)42-38)37(41-40(36)44)30-16-12-11-13-17-30/h6,11-13,16-23,26-27,41,44H,3-5,7-10,14-15,24-25H2,1-2H3/b23-20+. The van der Waals surface area contributed by atoms with Crippen molar-refractivity contribution in [3.05, 3.63) is 107 Å².